The highest BCUT2D eigenvalue weighted by atomic mass is 32.2. The number of sulfonamides is 1. The van der Waals surface area contributed by atoms with E-state index < -0.39 is 22.6 Å². The van der Waals surface area contributed by atoms with E-state index in [1.165, 1.54) is 28.6 Å². The van der Waals surface area contributed by atoms with E-state index in [0.29, 0.717) is 31.9 Å². The van der Waals surface area contributed by atoms with E-state index in [0.717, 1.165) is 17.1 Å². The predicted molar refractivity (Wildman–Crippen MR) is 126 cm³/mol. The number of aromatic nitrogens is 1. The van der Waals surface area contributed by atoms with E-state index in [1.54, 1.807) is 6.07 Å². The van der Waals surface area contributed by atoms with Crippen molar-refractivity contribution in [2.75, 3.05) is 32.9 Å². The van der Waals surface area contributed by atoms with Crippen LogP contribution in [-0.2, 0) is 19.5 Å². The number of rotatable bonds is 7. The Labute approximate surface area is 198 Å². The molecule has 2 heterocycles. The average Bonchev–Trinajstić information content (AvgIpc) is 3.17. The number of carbonyl (C=O) groups is 2. The molecule has 0 unspecified atom stereocenters. The predicted octanol–water partition coefficient (Wildman–Crippen LogP) is 3.15. The molecule has 1 aliphatic heterocycles. The molecular formula is C25H26N2O6S. The van der Waals surface area contributed by atoms with Crippen LogP contribution < -0.4 is 0 Å². The summed E-state index contributed by atoms with van der Waals surface area (Å²) in [4.78, 5) is 25.3. The van der Waals surface area contributed by atoms with Crippen molar-refractivity contribution in [1.29, 1.82) is 0 Å². The minimum absolute atomic E-state index is 0.0929. The molecule has 1 saturated heterocycles. The summed E-state index contributed by atoms with van der Waals surface area (Å²) in [6.07, 6.45) is 0. The van der Waals surface area contributed by atoms with Crippen molar-refractivity contribution in [3.63, 3.8) is 0 Å². The van der Waals surface area contributed by atoms with Gasteiger partial charge in [-0.05, 0) is 56.3 Å². The lowest BCUT2D eigenvalue weighted by Crippen LogP contribution is -2.40. The van der Waals surface area contributed by atoms with Gasteiger partial charge in [-0.1, -0.05) is 18.2 Å². The Morgan fingerprint density at radius 2 is 1.62 bits per heavy atom. The Hall–Kier alpha value is -3.27. The fraction of sp³-hybridized carbons (Fsp3) is 0.280. The fourth-order valence-electron chi connectivity index (χ4n) is 4.01. The van der Waals surface area contributed by atoms with E-state index in [1.807, 2.05) is 48.7 Å². The van der Waals surface area contributed by atoms with Gasteiger partial charge in [-0.3, -0.25) is 4.79 Å². The maximum Gasteiger partial charge on any atom is 0.338 e. The number of morpholine rings is 1. The zero-order valence-corrected chi connectivity index (χ0v) is 19.9. The van der Waals surface area contributed by atoms with Crippen LogP contribution in [0.4, 0.5) is 0 Å². The van der Waals surface area contributed by atoms with Crippen LogP contribution in [0.15, 0.2) is 65.6 Å². The van der Waals surface area contributed by atoms with Gasteiger partial charge in [0.1, 0.15) is 0 Å². The summed E-state index contributed by atoms with van der Waals surface area (Å²) >= 11 is 0. The van der Waals surface area contributed by atoms with Gasteiger partial charge in [0.15, 0.2) is 6.61 Å². The molecule has 178 valence electrons. The van der Waals surface area contributed by atoms with Gasteiger partial charge in [0.2, 0.25) is 15.8 Å². The topological polar surface area (TPSA) is 94.9 Å². The zero-order chi connectivity index (χ0) is 24.3. The Morgan fingerprint density at radius 1 is 0.971 bits per heavy atom. The second-order valence-corrected chi connectivity index (χ2v) is 9.93. The molecule has 0 atom stereocenters. The molecule has 2 aromatic carbocycles. The summed E-state index contributed by atoms with van der Waals surface area (Å²) in [5, 5.41) is 0. The molecule has 34 heavy (non-hydrogen) atoms. The number of para-hydroxylation sites is 1. The van der Waals surface area contributed by atoms with E-state index in [4.69, 9.17) is 9.47 Å². The molecule has 8 nitrogen and oxygen atoms in total. The SMILES string of the molecule is Cc1cc(C(=O)COC(=O)c2ccc(S(=O)(=O)N3CCOCC3)cc2)c(C)n1-c1ccccc1. The van der Waals surface area contributed by atoms with Gasteiger partial charge < -0.3 is 14.0 Å². The van der Waals surface area contributed by atoms with Gasteiger partial charge in [0, 0.05) is 35.7 Å². The van der Waals surface area contributed by atoms with Crippen LogP contribution in [-0.4, -0.2) is 62.0 Å². The first-order chi connectivity index (χ1) is 16.3. The summed E-state index contributed by atoms with van der Waals surface area (Å²) < 4.78 is 39.2. The summed E-state index contributed by atoms with van der Waals surface area (Å²) in [6, 6.07) is 17.0. The first-order valence-electron chi connectivity index (χ1n) is 10.9. The molecule has 1 aromatic heterocycles. The number of aryl methyl sites for hydroxylation is 1. The molecule has 1 aliphatic rings. The molecule has 3 aromatic rings. The lowest BCUT2D eigenvalue weighted by molar-refractivity contribution is 0.0474. The third kappa shape index (κ3) is 4.82. The molecule has 0 saturated carbocycles. The number of hydrogen-bond acceptors (Lipinski definition) is 6. The number of esters is 1. The summed E-state index contributed by atoms with van der Waals surface area (Å²) in [6.45, 7) is 4.64. The largest absolute Gasteiger partial charge is 0.454 e. The highest BCUT2D eigenvalue weighted by Gasteiger charge is 2.26. The first kappa shape index (κ1) is 23.9. The fourth-order valence-corrected chi connectivity index (χ4v) is 5.42. The van der Waals surface area contributed by atoms with Gasteiger partial charge in [-0.25, -0.2) is 13.2 Å². The minimum Gasteiger partial charge on any atom is -0.454 e. The zero-order valence-electron chi connectivity index (χ0n) is 19.1. The second-order valence-electron chi connectivity index (χ2n) is 8.00. The van der Waals surface area contributed by atoms with Crippen molar-refractivity contribution in [1.82, 2.24) is 8.87 Å². The van der Waals surface area contributed by atoms with Crippen LogP contribution >= 0.6 is 0 Å². The Morgan fingerprint density at radius 3 is 2.26 bits per heavy atom. The number of nitrogens with zero attached hydrogens (tertiary/aromatic N) is 2. The molecule has 1 fully saturated rings. The summed E-state index contributed by atoms with van der Waals surface area (Å²) in [5.74, 6) is -1.00. The number of hydrogen-bond donors (Lipinski definition) is 0. The molecule has 0 spiro atoms. The number of benzene rings is 2. The number of ketones is 1. The van der Waals surface area contributed by atoms with E-state index in [2.05, 4.69) is 0 Å². The highest BCUT2D eigenvalue weighted by molar-refractivity contribution is 7.89. The second kappa shape index (κ2) is 9.92. The summed E-state index contributed by atoms with van der Waals surface area (Å²) in [5.41, 5.74) is 3.27. The van der Waals surface area contributed by atoms with Crippen LogP contribution in [0, 0.1) is 13.8 Å². The maximum absolute atomic E-state index is 12.8. The number of Topliss-reactive ketones (excluding diaryl/α,β-unsaturated/α-hetero) is 1. The number of carbonyl (C=O) groups excluding carboxylic acids is 2. The monoisotopic (exact) mass is 482 g/mol. The third-order valence-electron chi connectivity index (χ3n) is 5.78. The smallest absolute Gasteiger partial charge is 0.338 e. The average molecular weight is 483 g/mol. The van der Waals surface area contributed by atoms with E-state index in [-0.39, 0.29) is 16.2 Å². The van der Waals surface area contributed by atoms with Crippen LogP contribution in [0.3, 0.4) is 0 Å². The van der Waals surface area contributed by atoms with Crippen LogP contribution in [0.1, 0.15) is 32.1 Å². The quantitative estimate of drug-likeness (QED) is 0.379. The molecule has 0 amide bonds. The van der Waals surface area contributed by atoms with Gasteiger partial charge in [-0.15, -0.1) is 0 Å². The Balaban J connectivity index is 1.42. The van der Waals surface area contributed by atoms with Crippen molar-refractivity contribution in [3.05, 3.63) is 83.2 Å². The lowest BCUT2D eigenvalue weighted by Gasteiger charge is -2.26. The van der Waals surface area contributed by atoms with Crippen molar-refractivity contribution in [2.45, 2.75) is 18.7 Å². The van der Waals surface area contributed by atoms with Crippen LogP contribution in [0.25, 0.3) is 5.69 Å². The van der Waals surface area contributed by atoms with Crippen LogP contribution in [0.2, 0.25) is 0 Å². The van der Waals surface area contributed by atoms with Gasteiger partial charge in [0.25, 0.3) is 0 Å². The third-order valence-corrected chi connectivity index (χ3v) is 7.69. The van der Waals surface area contributed by atoms with Gasteiger partial charge >= 0.3 is 5.97 Å². The summed E-state index contributed by atoms with van der Waals surface area (Å²) in [7, 11) is -3.65. The van der Waals surface area contributed by atoms with Crippen molar-refractivity contribution < 1.29 is 27.5 Å². The normalized spacial score (nSPS) is 14.6. The van der Waals surface area contributed by atoms with Crippen molar-refractivity contribution in [2.24, 2.45) is 0 Å². The van der Waals surface area contributed by atoms with Gasteiger partial charge in [0.05, 0.1) is 23.7 Å². The first-order valence-corrected chi connectivity index (χ1v) is 12.4. The molecule has 0 bridgehead atoms. The molecule has 9 heteroatoms. The van der Waals surface area contributed by atoms with Crippen LogP contribution in [0.5, 0.6) is 0 Å². The minimum atomic E-state index is -3.65. The van der Waals surface area contributed by atoms with E-state index in [9.17, 15) is 18.0 Å². The Kier molecular flexibility index (Phi) is 6.97. The molecule has 0 aliphatic carbocycles. The molecule has 4 rings (SSSR count). The molecular weight excluding hydrogens is 456 g/mol. The number of ether oxygens (including phenoxy) is 2. The van der Waals surface area contributed by atoms with Crippen molar-refractivity contribution >= 4 is 21.8 Å². The maximum atomic E-state index is 12.8. The molecule has 0 radical (unpaired) electrons. The van der Waals surface area contributed by atoms with Gasteiger partial charge in [-0.2, -0.15) is 4.31 Å². The lowest BCUT2D eigenvalue weighted by atomic mass is 10.1. The highest BCUT2D eigenvalue weighted by Crippen LogP contribution is 2.22. The standard InChI is InChI=1S/C25H26N2O6S/c1-18-16-23(19(2)27(18)21-6-4-3-5-7-21)24(28)17-33-25(29)20-8-10-22(11-9-20)34(30,31)26-12-14-32-15-13-26/h3-11,16H,12-15,17H2,1-2H3. The van der Waals surface area contributed by atoms with E-state index >= 15 is 0 Å². The van der Waals surface area contributed by atoms with Crippen molar-refractivity contribution in [3.8, 4) is 5.69 Å². The molecule has 0 N–H and O–H groups in total. The Bertz CT molecular complexity index is 1290.